The van der Waals surface area contributed by atoms with E-state index in [2.05, 4.69) is 28.7 Å². The molecule has 114 valence electrons. The molecular formula is C14H35HfN3Si. The first-order valence-corrected chi connectivity index (χ1v) is 9.04. The third-order valence-corrected chi connectivity index (χ3v) is 4.85. The quantitative estimate of drug-likeness (QED) is 0.421. The molecule has 1 saturated carbocycles. The van der Waals surface area contributed by atoms with Crippen LogP contribution in [0, 0.1) is 13.3 Å². The summed E-state index contributed by atoms with van der Waals surface area (Å²) in [6.45, 7) is 4.23. The largest absolute Gasteiger partial charge is 4.00 e. The number of hydrogen-bond donors (Lipinski definition) is 0. The molecule has 1 fully saturated rings. The fourth-order valence-electron chi connectivity index (χ4n) is 1.28. The molecule has 5 heteroatoms. The maximum Gasteiger partial charge on any atom is 4.00 e. The summed E-state index contributed by atoms with van der Waals surface area (Å²) >= 11 is 0. The summed E-state index contributed by atoms with van der Waals surface area (Å²) in [5.41, 5.74) is 0. The van der Waals surface area contributed by atoms with E-state index in [0.29, 0.717) is 0 Å². The van der Waals surface area contributed by atoms with Crippen molar-refractivity contribution in [3.05, 3.63) is 23.0 Å². The summed E-state index contributed by atoms with van der Waals surface area (Å²) in [5, 5.41) is 7.00. The van der Waals surface area contributed by atoms with Crippen molar-refractivity contribution in [1.82, 2.24) is 0 Å². The Hall–Kier alpha value is 0.967. The van der Waals surface area contributed by atoms with Crippen LogP contribution in [0.2, 0.25) is 19.1 Å². The van der Waals surface area contributed by atoms with Crippen molar-refractivity contribution in [1.29, 1.82) is 0 Å². The standard InChI is InChI=1S/C9H20NSi.2C2H6N.CH3.Hf/c1-10-11(2,3)8-9-6-4-5-7-9;2*1-3-2;;/h9H,4-8H2,1-3H3;2*1-2H3;1H3;/q4*-1;+4/i4D,5D,6D,7D;;;;. The van der Waals surface area contributed by atoms with Crippen LogP contribution < -0.4 is 0 Å². The molecule has 0 aromatic rings. The average Bonchev–Trinajstić information content (AvgIpc) is 2.58. The minimum atomic E-state index is -1.67. The van der Waals surface area contributed by atoms with Gasteiger partial charge in [0.1, 0.15) is 0 Å². The monoisotopic (exact) mass is 457 g/mol. The molecule has 0 spiro atoms. The van der Waals surface area contributed by atoms with Crippen molar-refractivity contribution in [2.75, 3.05) is 35.2 Å². The SMILES string of the molecule is C[N-]C.C[N-]C.[2H]C1C([2H])C([2H])C(C[Si](C)(C)[N-]C)C1[2H].[CH3-].[Hf+4]. The fourth-order valence-corrected chi connectivity index (χ4v) is 2.89. The van der Waals surface area contributed by atoms with Crippen LogP contribution in [0.15, 0.2) is 0 Å². The Bertz CT molecular complexity index is 250. The van der Waals surface area contributed by atoms with Gasteiger partial charge in [-0.25, -0.2) is 0 Å². The van der Waals surface area contributed by atoms with Gasteiger partial charge in [0.25, 0.3) is 0 Å². The first kappa shape index (κ1) is 18.0. The molecule has 0 amide bonds. The topological polar surface area (TPSA) is 42.3 Å². The molecule has 0 aliphatic heterocycles. The Morgan fingerprint density at radius 3 is 1.58 bits per heavy atom. The number of hydrogen-bond acceptors (Lipinski definition) is 0. The summed E-state index contributed by atoms with van der Waals surface area (Å²) in [6, 6.07) is 0.774. The molecule has 0 saturated heterocycles. The van der Waals surface area contributed by atoms with Crippen LogP contribution in [0.4, 0.5) is 0 Å². The molecule has 0 aromatic carbocycles. The van der Waals surface area contributed by atoms with Gasteiger partial charge in [0, 0.05) is 5.48 Å². The Labute approximate surface area is 148 Å². The molecule has 0 N–H and O–H groups in total. The Kier molecular flexibility index (Phi) is 18.0. The zero-order chi connectivity index (χ0) is 17.2. The molecule has 4 unspecified atom stereocenters. The zero-order valence-corrected chi connectivity index (χ0v) is 18.5. The predicted octanol–water partition coefficient (Wildman–Crippen LogP) is 5.07. The summed E-state index contributed by atoms with van der Waals surface area (Å²) in [6.07, 6.45) is -2.55. The van der Waals surface area contributed by atoms with Gasteiger partial charge in [-0.2, -0.15) is 35.2 Å². The summed E-state index contributed by atoms with van der Waals surface area (Å²) in [4.78, 5) is 4.35. The van der Waals surface area contributed by atoms with Crippen molar-refractivity contribution in [3.8, 4) is 0 Å². The molecule has 0 radical (unpaired) electrons. The molecule has 0 aromatic heterocycles. The number of rotatable bonds is 3. The third-order valence-electron chi connectivity index (χ3n) is 2.17. The van der Waals surface area contributed by atoms with Crippen LogP contribution in [0.3, 0.4) is 0 Å². The molecule has 19 heavy (non-hydrogen) atoms. The molecule has 1 rings (SSSR count). The zero-order valence-electron chi connectivity index (χ0n) is 17.9. The molecular weight excluding hydrogens is 417 g/mol. The molecule has 4 atom stereocenters. The van der Waals surface area contributed by atoms with Crippen molar-refractivity contribution in [3.63, 3.8) is 0 Å². The van der Waals surface area contributed by atoms with E-state index in [4.69, 9.17) is 5.48 Å². The van der Waals surface area contributed by atoms with Gasteiger partial charge >= 0.3 is 25.8 Å². The number of nitrogens with zero attached hydrogens (tertiary/aromatic N) is 3. The Balaban J connectivity index is -0.000000197. The molecule has 0 bridgehead atoms. The smallest absolute Gasteiger partial charge is 0.668 e. The van der Waals surface area contributed by atoms with Crippen LogP contribution in [0.1, 0.15) is 31.1 Å². The molecule has 1 aliphatic rings. The van der Waals surface area contributed by atoms with E-state index in [0.717, 1.165) is 6.04 Å². The van der Waals surface area contributed by atoms with Gasteiger partial charge in [-0.15, -0.1) is 0 Å². The van der Waals surface area contributed by atoms with Crippen LogP contribution >= 0.6 is 0 Å². The second-order valence-corrected chi connectivity index (χ2v) is 9.05. The first-order valence-electron chi connectivity index (χ1n) is 8.20. The van der Waals surface area contributed by atoms with E-state index in [1.807, 2.05) is 0 Å². The van der Waals surface area contributed by atoms with Gasteiger partial charge < -0.3 is 23.0 Å². The molecule has 0 heterocycles. The summed E-state index contributed by atoms with van der Waals surface area (Å²) in [5.74, 6) is -0.125. The average molecular weight is 456 g/mol. The minimum Gasteiger partial charge on any atom is -0.668 e. The van der Waals surface area contributed by atoms with Gasteiger partial charge in [0.05, 0.1) is 0 Å². The van der Waals surface area contributed by atoms with E-state index in [9.17, 15) is 0 Å². The summed E-state index contributed by atoms with van der Waals surface area (Å²) in [7, 11) is 7.13. The Morgan fingerprint density at radius 1 is 1.00 bits per heavy atom. The minimum absolute atomic E-state index is 0. The van der Waals surface area contributed by atoms with E-state index < -0.39 is 33.8 Å². The second-order valence-electron chi connectivity index (χ2n) is 4.57. The van der Waals surface area contributed by atoms with Crippen molar-refractivity contribution in [2.24, 2.45) is 5.92 Å². The maximum atomic E-state index is 7.86. The predicted molar refractivity (Wildman–Crippen MR) is 90.4 cm³/mol. The maximum absolute atomic E-state index is 7.86. The fraction of sp³-hybridized carbons (Fsp3) is 0.929. The van der Waals surface area contributed by atoms with E-state index in [-0.39, 0.29) is 39.2 Å². The van der Waals surface area contributed by atoms with Gasteiger partial charge in [-0.3, -0.25) is 0 Å². The van der Waals surface area contributed by atoms with E-state index in [1.165, 1.54) is 0 Å². The van der Waals surface area contributed by atoms with Crippen molar-refractivity contribution < 1.29 is 31.3 Å². The first-order chi connectivity index (χ1) is 9.63. The third kappa shape index (κ3) is 21.4. The Morgan fingerprint density at radius 2 is 1.32 bits per heavy atom. The summed E-state index contributed by atoms with van der Waals surface area (Å²) < 4.78 is 31.0. The van der Waals surface area contributed by atoms with Crippen LogP contribution in [-0.4, -0.2) is 43.5 Å². The van der Waals surface area contributed by atoms with Crippen LogP contribution in [0.25, 0.3) is 15.6 Å². The molecule has 1 aliphatic carbocycles. The van der Waals surface area contributed by atoms with Crippen LogP contribution in [-0.2, 0) is 25.8 Å². The second kappa shape index (κ2) is 19.0. The van der Waals surface area contributed by atoms with Gasteiger partial charge in [-0.1, -0.05) is 53.0 Å². The van der Waals surface area contributed by atoms with Gasteiger partial charge in [0.15, 0.2) is 0 Å². The molecule has 3 nitrogen and oxygen atoms in total. The van der Waals surface area contributed by atoms with Crippen molar-refractivity contribution >= 4 is 8.24 Å². The van der Waals surface area contributed by atoms with E-state index >= 15 is 0 Å². The van der Waals surface area contributed by atoms with Gasteiger partial charge in [-0.05, 0) is 5.92 Å². The van der Waals surface area contributed by atoms with E-state index in [1.54, 1.807) is 35.2 Å². The van der Waals surface area contributed by atoms with Crippen molar-refractivity contribution in [2.45, 2.75) is 44.7 Å². The van der Waals surface area contributed by atoms with Gasteiger partial charge in [0.2, 0.25) is 0 Å². The normalized spacial score (nSPS) is 35.4. The van der Waals surface area contributed by atoms with Crippen LogP contribution in [0.5, 0.6) is 0 Å².